The van der Waals surface area contributed by atoms with Crippen LogP contribution in [0.2, 0.25) is 0 Å². The van der Waals surface area contributed by atoms with Crippen LogP contribution in [0.3, 0.4) is 0 Å². The topological polar surface area (TPSA) is 21.3 Å². The SMILES string of the molecule is CCNC(C)c1ccccc1Oc1ccccc1. The third kappa shape index (κ3) is 3.11. The van der Waals surface area contributed by atoms with E-state index >= 15 is 0 Å². The Labute approximate surface area is 109 Å². The molecule has 1 N–H and O–H groups in total. The summed E-state index contributed by atoms with van der Waals surface area (Å²) in [6, 6.07) is 18.3. The molecule has 0 saturated heterocycles. The second-order valence-corrected chi connectivity index (χ2v) is 4.23. The van der Waals surface area contributed by atoms with Crippen LogP contribution >= 0.6 is 0 Å². The standard InChI is InChI=1S/C16H19NO/c1-3-17-13(2)15-11-7-8-12-16(15)18-14-9-5-4-6-10-14/h4-13,17H,3H2,1-2H3. The molecule has 0 bridgehead atoms. The lowest BCUT2D eigenvalue weighted by molar-refractivity contribution is 0.463. The van der Waals surface area contributed by atoms with Crippen LogP contribution in [0.15, 0.2) is 54.6 Å². The Kier molecular flexibility index (Phi) is 4.37. The average molecular weight is 241 g/mol. The minimum Gasteiger partial charge on any atom is -0.457 e. The maximum Gasteiger partial charge on any atom is 0.132 e. The first kappa shape index (κ1) is 12.7. The fourth-order valence-electron chi connectivity index (χ4n) is 1.96. The zero-order valence-corrected chi connectivity index (χ0v) is 10.9. The van der Waals surface area contributed by atoms with E-state index in [1.165, 1.54) is 5.56 Å². The van der Waals surface area contributed by atoms with E-state index in [1.807, 2.05) is 48.5 Å². The first-order chi connectivity index (χ1) is 8.81. The van der Waals surface area contributed by atoms with E-state index < -0.39 is 0 Å². The molecule has 2 nitrogen and oxygen atoms in total. The van der Waals surface area contributed by atoms with Gasteiger partial charge >= 0.3 is 0 Å². The Bertz CT molecular complexity index is 481. The Balaban J connectivity index is 2.22. The Hall–Kier alpha value is -1.80. The number of hydrogen-bond acceptors (Lipinski definition) is 2. The van der Waals surface area contributed by atoms with E-state index in [-0.39, 0.29) is 6.04 Å². The molecule has 18 heavy (non-hydrogen) atoms. The molecular weight excluding hydrogens is 222 g/mol. The first-order valence-electron chi connectivity index (χ1n) is 6.36. The fraction of sp³-hybridized carbons (Fsp3) is 0.250. The van der Waals surface area contributed by atoms with E-state index in [4.69, 9.17) is 4.74 Å². The van der Waals surface area contributed by atoms with Crippen molar-refractivity contribution in [1.82, 2.24) is 5.32 Å². The van der Waals surface area contributed by atoms with Gasteiger partial charge in [-0.05, 0) is 31.7 Å². The molecule has 1 unspecified atom stereocenters. The van der Waals surface area contributed by atoms with Crippen LogP contribution in [0.4, 0.5) is 0 Å². The number of ether oxygens (including phenoxy) is 1. The molecule has 0 fully saturated rings. The smallest absolute Gasteiger partial charge is 0.132 e. The van der Waals surface area contributed by atoms with Crippen LogP contribution in [-0.2, 0) is 0 Å². The highest BCUT2D eigenvalue weighted by Gasteiger charge is 2.10. The molecule has 1 atom stereocenters. The molecule has 2 heteroatoms. The molecule has 0 aliphatic rings. The third-order valence-corrected chi connectivity index (χ3v) is 2.87. The lowest BCUT2D eigenvalue weighted by atomic mass is 10.1. The predicted molar refractivity (Wildman–Crippen MR) is 75.0 cm³/mol. The van der Waals surface area contributed by atoms with Crippen molar-refractivity contribution in [3.8, 4) is 11.5 Å². The van der Waals surface area contributed by atoms with E-state index in [9.17, 15) is 0 Å². The van der Waals surface area contributed by atoms with Crippen molar-refractivity contribution in [3.63, 3.8) is 0 Å². The molecule has 0 heterocycles. The van der Waals surface area contributed by atoms with Gasteiger partial charge in [-0.3, -0.25) is 0 Å². The highest BCUT2D eigenvalue weighted by atomic mass is 16.5. The molecule has 0 spiro atoms. The maximum absolute atomic E-state index is 5.94. The number of benzene rings is 2. The van der Waals surface area contributed by atoms with Crippen molar-refractivity contribution >= 4 is 0 Å². The molecule has 0 aliphatic heterocycles. The minimum absolute atomic E-state index is 0.287. The van der Waals surface area contributed by atoms with Crippen LogP contribution in [0.5, 0.6) is 11.5 Å². The first-order valence-corrected chi connectivity index (χ1v) is 6.36. The van der Waals surface area contributed by atoms with Crippen molar-refractivity contribution in [2.75, 3.05) is 6.54 Å². The van der Waals surface area contributed by atoms with Gasteiger partial charge < -0.3 is 10.1 Å². The summed E-state index contributed by atoms with van der Waals surface area (Å²) >= 11 is 0. The van der Waals surface area contributed by atoms with Gasteiger partial charge in [-0.25, -0.2) is 0 Å². The van der Waals surface area contributed by atoms with Crippen LogP contribution in [0.25, 0.3) is 0 Å². The lowest BCUT2D eigenvalue weighted by Gasteiger charge is -2.17. The summed E-state index contributed by atoms with van der Waals surface area (Å²) in [5.41, 5.74) is 1.18. The Morgan fingerprint density at radius 3 is 2.39 bits per heavy atom. The molecule has 2 rings (SSSR count). The summed E-state index contributed by atoms with van der Waals surface area (Å²) in [5, 5.41) is 3.41. The second kappa shape index (κ2) is 6.22. The van der Waals surface area contributed by atoms with Crippen LogP contribution < -0.4 is 10.1 Å². The van der Waals surface area contributed by atoms with Crippen molar-refractivity contribution in [3.05, 3.63) is 60.2 Å². The Morgan fingerprint density at radius 1 is 1.00 bits per heavy atom. The number of hydrogen-bond donors (Lipinski definition) is 1. The monoisotopic (exact) mass is 241 g/mol. The zero-order chi connectivity index (χ0) is 12.8. The number of rotatable bonds is 5. The normalized spacial score (nSPS) is 12.1. The molecule has 0 saturated carbocycles. The summed E-state index contributed by atoms with van der Waals surface area (Å²) in [6.07, 6.45) is 0. The van der Waals surface area contributed by atoms with Crippen LogP contribution in [0, 0.1) is 0 Å². The molecule has 94 valence electrons. The predicted octanol–water partition coefficient (Wildman–Crippen LogP) is 4.15. The fourth-order valence-corrected chi connectivity index (χ4v) is 1.96. The molecule has 2 aromatic carbocycles. The summed E-state index contributed by atoms with van der Waals surface area (Å²) in [6.45, 7) is 5.20. The third-order valence-electron chi connectivity index (χ3n) is 2.87. The Morgan fingerprint density at radius 2 is 1.67 bits per heavy atom. The van der Waals surface area contributed by atoms with Crippen molar-refractivity contribution < 1.29 is 4.74 Å². The van der Waals surface area contributed by atoms with E-state index in [0.717, 1.165) is 18.0 Å². The summed E-state index contributed by atoms with van der Waals surface area (Å²) < 4.78 is 5.94. The van der Waals surface area contributed by atoms with Crippen LogP contribution in [-0.4, -0.2) is 6.54 Å². The molecule has 0 aromatic heterocycles. The molecule has 0 aliphatic carbocycles. The average Bonchev–Trinajstić information content (AvgIpc) is 2.41. The quantitative estimate of drug-likeness (QED) is 0.849. The second-order valence-electron chi connectivity index (χ2n) is 4.23. The van der Waals surface area contributed by atoms with Crippen LogP contribution in [0.1, 0.15) is 25.5 Å². The van der Waals surface area contributed by atoms with E-state index in [0.29, 0.717) is 0 Å². The van der Waals surface area contributed by atoms with Gasteiger partial charge in [0.05, 0.1) is 0 Å². The summed E-state index contributed by atoms with van der Waals surface area (Å²) in [7, 11) is 0. The summed E-state index contributed by atoms with van der Waals surface area (Å²) in [4.78, 5) is 0. The number of nitrogens with one attached hydrogen (secondary N) is 1. The molecule has 2 aromatic rings. The van der Waals surface area contributed by atoms with Crippen molar-refractivity contribution in [2.24, 2.45) is 0 Å². The van der Waals surface area contributed by atoms with E-state index in [1.54, 1.807) is 0 Å². The van der Waals surface area contributed by atoms with Gasteiger partial charge in [-0.1, -0.05) is 43.3 Å². The van der Waals surface area contributed by atoms with E-state index in [2.05, 4.69) is 25.2 Å². The van der Waals surface area contributed by atoms with Crippen molar-refractivity contribution in [2.45, 2.75) is 19.9 Å². The highest BCUT2D eigenvalue weighted by molar-refractivity contribution is 5.39. The molecular formula is C16H19NO. The minimum atomic E-state index is 0.287. The molecule has 0 amide bonds. The zero-order valence-electron chi connectivity index (χ0n) is 10.9. The van der Waals surface area contributed by atoms with Crippen molar-refractivity contribution in [1.29, 1.82) is 0 Å². The van der Waals surface area contributed by atoms with Gasteiger partial charge in [-0.15, -0.1) is 0 Å². The van der Waals surface area contributed by atoms with Gasteiger partial charge in [-0.2, -0.15) is 0 Å². The van der Waals surface area contributed by atoms with Gasteiger partial charge in [0.25, 0.3) is 0 Å². The van der Waals surface area contributed by atoms with Gasteiger partial charge in [0.1, 0.15) is 11.5 Å². The van der Waals surface area contributed by atoms with Gasteiger partial charge in [0, 0.05) is 11.6 Å². The highest BCUT2D eigenvalue weighted by Crippen LogP contribution is 2.29. The molecule has 0 radical (unpaired) electrons. The largest absolute Gasteiger partial charge is 0.457 e. The summed E-state index contributed by atoms with van der Waals surface area (Å²) in [5.74, 6) is 1.78. The van der Waals surface area contributed by atoms with Gasteiger partial charge in [0.15, 0.2) is 0 Å². The maximum atomic E-state index is 5.94. The van der Waals surface area contributed by atoms with Gasteiger partial charge in [0.2, 0.25) is 0 Å². The number of para-hydroxylation sites is 2. The lowest BCUT2D eigenvalue weighted by Crippen LogP contribution is -2.18.